The van der Waals surface area contributed by atoms with Gasteiger partial charge in [0.05, 0.1) is 19.1 Å². The van der Waals surface area contributed by atoms with Gasteiger partial charge in [0, 0.05) is 5.39 Å². The van der Waals surface area contributed by atoms with Gasteiger partial charge in [-0.05, 0) is 35.7 Å². The van der Waals surface area contributed by atoms with Crippen LogP contribution in [0.15, 0.2) is 68.6 Å². The zero-order valence-electron chi connectivity index (χ0n) is 16.3. The maximum atomic E-state index is 12.6. The first-order valence-corrected chi connectivity index (χ1v) is 11.6. The number of hydrogen-bond donors (Lipinski definition) is 0. The molecule has 31 heavy (non-hydrogen) atoms. The Hall–Kier alpha value is -3.06. The molecule has 0 radical (unpaired) electrons. The van der Waals surface area contributed by atoms with Gasteiger partial charge in [0.2, 0.25) is 6.79 Å². The van der Waals surface area contributed by atoms with Crippen LogP contribution in [-0.4, -0.2) is 37.8 Å². The van der Waals surface area contributed by atoms with Crippen LogP contribution in [0.25, 0.3) is 10.8 Å². The largest absolute Gasteiger partial charge is 0.455 e. The first kappa shape index (κ1) is 21.2. The van der Waals surface area contributed by atoms with Crippen molar-refractivity contribution in [2.75, 3.05) is 21.0 Å². The SMILES string of the molecule is COS(=O)(=O)c1ccc2c3c(c(S(=O)(=O)OC)cc2c1)OCOc1ccccc1N=N3. The molecule has 12 heteroatoms. The minimum Gasteiger partial charge on any atom is -0.455 e. The lowest BCUT2D eigenvalue weighted by atomic mass is 10.1. The van der Waals surface area contributed by atoms with Crippen molar-refractivity contribution >= 4 is 42.4 Å². The molecule has 3 aromatic rings. The lowest BCUT2D eigenvalue weighted by Gasteiger charge is -2.15. The highest BCUT2D eigenvalue weighted by Crippen LogP contribution is 2.44. The Bertz CT molecular complexity index is 1420. The average molecular weight is 464 g/mol. The Morgan fingerprint density at radius 2 is 1.61 bits per heavy atom. The molecule has 0 bridgehead atoms. The number of para-hydroxylation sites is 1. The van der Waals surface area contributed by atoms with Crippen molar-refractivity contribution < 1.29 is 34.7 Å². The molecule has 0 saturated carbocycles. The van der Waals surface area contributed by atoms with Gasteiger partial charge in [0.15, 0.2) is 11.5 Å². The molecule has 0 amide bonds. The Morgan fingerprint density at radius 1 is 0.871 bits per heavy atom. The second-order valence-electron chi connectivity index (χ2n) is 6.25. The van der Waals surface area contributed by atoms with Crippen molar-refractivity contribution in [1.29, 1.82) is 0 Å². The van der Waals surface area contributed by atoms with E-state index in [2.05, 4.69) is 18.6 Å². The van der Waals surface area contributed by atoms with Crippen LogP contribution in [-0.2, 0) is 28.6 Å². The molecule has 0 saturated heterocycles. The van der Waals surface area contributed by atoms with Gasteiger partial charge in [0.1, 0.15) is 16.3 Å². The van der Waals surface area contributed by atoms with E-state index in [1.54, 1.807) is 24.3 Å². The van der Waals surface area contributed by atoms with E-state index in [1.165, 1.54) is 24.3 Å². The summed E-state index contributed by atoms with van der Waals surface area (Å²) in [5.41, 5.74) is 0.487. The minimum absolute atomic E-state index is 0.0785. The standard InChI is InChI=1S/C19H16N2O8S2/c1-26-30(22,23)13-7-8-14-12(9-13)10-17(31(24,25)27-2)19-18(14)21-20-15-5-3-4-6-16(15)28-11-29-19/h3-10H,11H2,1-2H3. The fourth-order valence-corrected chi connectivity index (χ4v) is 4.54. The second kappa shape index (κ2) is 7.89. The lowest BCUT2D eigenvalue weighted by Crippen LogP contribution is -2.11. The van der Waals surface area contributed by atoms with E-state index in [0.717, 1.165) is 14.2 Å². The summed E-state index contributed by atoms with van der Waals surface area (Å²) in [6.07, 6.45) is 0. The maximum Gasteiger partial charge on any atom is 0.300 e. The van der Waals surface area contributed by atoms with E-state index >= 15 is 0 Å². The Balaban J connectivity index is 2.05. The third kappa shape index (κ3) is 3.85. The van der Waals surface area contributed by atoms with E-state index in [-0.39, 0.29) is 33.4 Å². The van der Waals surface area contributed by atoms with Gasteiger partial charge in [-0.2, -0.15) is 16.8 Å². The summed E-state index contributed by atoms with van der Waals surface area (Å²) in [6, 6.07) is 12.1. The third-order valence-electron chi connectivity index (χ3n) is 4.54. The van der Waals surface area contributed by atoms with Crippen LogP contribution in [0.1, 0.15) is 0 Å². The van der Waals surface area contributed by atoms with Crippen molar-refractivity contribution in [3.63, 3.8) is 0 Å². The minimum atomic E-state index is -4.26. The number of nitrogens with zero attached hydrogens (tertiary/aromatic N) is 2. The highest BCUT2D eigenvalue weighted by Gasteiger charge is 2.27. The molecule has 0 aliphatic carbocycles. The molecule has 0 unspecified atom stereocenters. The van der Waals surface area contributed by atoms with E-state index in [9.17, 15) is 16.8 Å². The lowest BCUT2D eigenvalue weighted by molar-refractivity contribution is 0.118. The van der Waals surface area contributed by atoms with Crippen molar-refractivity contribution in [2.45, 2.75) is 9.79 Å². The molecule has 1 heterocycles. The predicted molar refractivity (Wildman–Crippen MR) is 109 cm³/mol. The number of azo groups is 1. The first-order valence-electron chi connectivity index (χ1n) is 8.75. The van der Waals surface area contributed by atoms with Crippen molar-refractivity contribution in [1.82, 2.24) is 0 Å². The summed E-state index contributed by atoms with van der Waals surface area (Å²) in [7, 11) is -6.23. The molecule has 0 spiro atoms. The normalized spacial score (nSPS) is 13.9. The Morgan fingerprint density at radius 3 is 2.35 bits per heavy atom. The molecule has 0 N–H and O–H groups in total. The van der Waals surface area contributed by atoms with Gasteiger partial charge in [-0.1, -0.05) is 18.2 Å². The first-order chi connectivity index (χ1) is 14.8. The summed E-state index contributed by atoms with van der Waals surface area (Å²) in [5, 5.41) is 9.05. The number of benzene rings is 3. The fourth-order valence-electron chi connectivity index (χ4n) is 3.01. The molecule has 1 aliphatic heterocycles. The average Bonchev–Trinajstić information content (AvgIpc) is 2.86. The van der Waals surface area contributed by atoms with Crippen LogP contribution in [0, 0.1) is 0 Å². The number of hydrogen-bond acceptors (Lipinski definition) is 10. The topological polar surface area (TPSA) is 130 Å². The molecule has 4 rings (SSSR count). The van der Waals surface area contributed by atoms with Gasteiger partial charge in [-0.15, -0.1) is 10.2 Å². The zero-order valence-corrected chi connectivity index (χ0v) is 17.9. The molecule has 0 atom stereocenters. The Labute approximate surface area is 178 Å². The van der Waals surface area contributed by atoms with Gasteiger partial charge in [-0.3, -0.25) is 8.37 Å². The van der Waals surface area contributed by atoms with Crippen LogP contribution in [0.5, 0.6) is 11.5 Å². The molecule has 0 fully saturated rings. The molecule has 3 aromatic carbocycles. The van der Waals surface area contributed by atoms with Crippen molar-refractivity contribution in [2.24, 2.45) is 10.2 Å². The van der Waals surface area contributed by atoms with E-state index < -0.39 is 20.2 Å². The number of ether oxygens (including phenoxy) is 2. The van der Waals surface area contributed by atoms with Crippen LogP contribution < -0.4 is 9.47 Å². The monoisotopic (exact) mass is 464 g/mol. The summed E-state index contributed by atoms with van der Waals surface area (Å²) < 4.78 is 69.8. The molecular formula is C19H16N2O8S2. The van der Waals surface area contributed by atoms with E-state index in [1.807, 2.05) is 0 Å². The molecule has 1 aliphatic rings. The molecule has 0 aromatic heterocycles. The summed E-state index contributed by atoms with van der Waals surface area (Å²) in [6.45, 7) is -0.317. The van der Waals surface area contributed by atoms with E-state index in [4.69, 9.17) is 9.47 Å². The van der Waals surface area contributed by atoms with Crippen LogP contribution in [0.2, 0.25) is 0 Å². The fraction of sp³-hybridized carbons (Fsp3) is 0.158. The highest BCUT2D eigenvalue weighted by atomic mass is 32.2. The molecular weight excluding hydrogens is 448 g/mol. The predicted octanol–water partition coefficient (Wildman–Crippen LogP) is 3.65. The number of fused-ring (bicyclic) bond motifs is 4. The summed E-state index contributed by atoms with van der Waals surface area (Å²) in [5.74, 6) is 0.265. The summed E-state index contributed by atoms with van der Waals surface area (Å²) in [4.78, 5) is -0.504. The quantitative estimate of drug-likeness (QED) is 0.535. The van der Waals surface area contributed by atoms with Crippen LogP contribution >= 0.6 is 0 Å². The van der Waals surface area contributed by atoms with Crippen molar-refractivity contribution in [3.05, 3.63) is 48.5 Å². The van der Waals surface area contributed by atoms with Gasteiger partial charge >= 0.3 is 10.1 Å². The molecule has 10 nitrogen and oxygen atoms in total. The Kier molecular flexibility index (Phi) is 5.39. The van der Waals surface area contributed by atoms with Crippen LogP contribution in [0.4, 0.5) is 11.4 Å². The van der Waals surface area contributed by atoms with Crippen LogP contribution in [0.3, 0.4) is 0 Å². The van der Waals surface area contributed by atoms with Gasteiger partial charge in [-0.25, -0.2) is 0 Å². The van der Waals surface area contributed by atoms with Gasteiger partial charge < -0.3 is 9.47 Å². The number of rotatable bonds is 4. The molecule has 162 valence electrons. The van der Waals surface area contributed by atoms with E-state index in [0.29, 0.717) is 16.8 Å². The second-order valence-corrected chi connectivity index (χ2v) is 9.65. The summed E-state index contributed by atoms with van der Waals surface area (Å²) >= 11 is 0. The highest BCUT2D eigenvalue weighted by molar-refractivity contribution is 7.87. The third-order valence-corrected chi connectivity index (χ3v) is 7.09. The zero-order chi connectivity index (χ0) is 22.2. The smallest absolute Gasteiger partial charge is 0.300 e. The maximum absolute atomic E-state index is 12.6. The van der Waals surface area contributed by atoms with Gasteiger partial charge in [0.25, 0.3) is 10.1 Å². The van der Waals surface area contributed by atoms with Crippen molar-refractivity contribution in [3.8, 4) is 11.5 Å².